The Labute approximate surface area is 174 Å². The Balaban J connectivity index is 1.28. The first kappa shape index (κ1) is 19.9. The number of carbonyl (C=O) groups is 3. The van der Waals surface area contributed by atoms with Gasteiger partial charge in [0.2, 0.25) is 5.78 Å². The van der Waals surface area contributed by atoms with E-state index in [0.29, 0.717) is 37.5 Å². The summed E-state index contributed by atoms with van der Waals surface area (Å²) in [6.07, 6.45) is 3.46. The van der Waals surface area contributed by atoms with Crippen molar-refractivity contribution in [3.05, 3.63) is 45.4 Å². The highest BCUT2D eigenvalue weighted by atomic mass is 32.1. The molecule has 29 heavy (non-hydrogen) atoms. The van der Waals surface area contributed by atoms with Crippen molar-refractivity contribution >= 4 is 29.0 Å². The van der Waals surface area contributed by atoms with Gasteiger partial charge in [-0.15, -0.1) is 11.3 Å². The van der Waals surface area contributed by atoms with E-state index in [1.165, 1.54) is 11.3 Å². The van der Waals surface area contributed by atoms with Crippen LogP contribution in [0.2, 0.25) is 0 Å². The van der Waals surface area contributed by atoms with E-state index in [1.54, 1.807) is 4.90 Å². The Morgan fingerprint density at radius 3 is 2.48 bits per heavy atom. The van der Waals surface area contributed by atoms with E-state index in [0.717, 1.165) is 29.1 Å². The number of nitrogens with zero attached hydrogens (tertiary/aromatic N) is 2. The smallest absolute Gasteiger partial charge is 0.309 e. The maximum atomic E-state index is 12.6. The van der Waals surface area contributed by atoms with Crippen LogP contribution in [0.25, 0.3) is 0 Å². The quantitative estimate of drug-likeness (QED) is 0.533. The van der Waals surface area contributed by atoms with Gasteiger partial charge in [0, 0.05) is 36.1 Å². The highest BCUT2D eigenvalue weighted by Crippen LogP contribution is 2.38. The van der Waals surface area contributed by atoms with Crippen molar-refractivity contribution < 1.29 is 19.1 Å². The molecule has 4 rings (SSSR count). The van der Waals surface area contributed by atoms with Gasteiger partial charge in [-0.3, -0.25) is 14.4 Å². The number of thiophene rings is 1. The summed E-state index contributed by atoms with van der Waals surface area (Å²) in [5.74, 6) is -0.719. The minimum Gasteiger partial charge on any atom is -0.457 e. The second-order valence-corrected chi connectivity index (χ2v) is 8.91. The Morgan fingerprint density at radius 2 is 1.86 bits per heavy atom. The molecule has 0 unspecified atom stereocenters. The van der Waals surface area contributed by atoms with Crippen molar-refractivity contribution in [3.8, 4) is 0 Å². The molecule has 2 aromatic heterocycles. The van der Waals surface area contributed by atoms with Gasteiger partial charge in [0.15, 0.2) is 6.61 Å². The summed E-state index contributed by atoms with van der Waals surface area (Å²) in [6.45, 7) is 4.82. The van der Waals surface area contributed by atoms with Crippen molar-refractivity contribution in [1.29, 1.82) is 0 Å². The van der Waals surface area contributed by atoms with Crippen LogP contribution in [0.3, 0.4) is 0 Å². The second kappa shape index (κ2) is 8.14. The lowest BCUT2D eigenvalue weighted by Gasteiger charge is -2.30. The zero-order valence-corrected chi connectivity index (χ0v) is 17.7. The number of hydrogen-bond acceptors (Lipinski definition) is 5. The zero-order valence-electron chi connectivity index (χ0n) is 16.8. The number of amides is 1. The largest absolute Gasteiger partial charge is 0.457 e. The third kappa shape index (κ3) is 4.15. The number of rotatable bonds is 6. The maximum Gasteiger partial charge on any atom is 0.309 e. The molecule has 1 saturated heterocycles. The average Bonchev–Trinajstić information content (AvgIpc) is 3.30. The number of aryl methyl sites for hydroxylation is 1. The van der Waals surface area contributed by atoms with Crippen LogP contribution < -0.4 is 0 Å². The van der Waals surface area contributed by atoms with Crippen molar-refractivity contribution in [1.82, 2.24) is 9.47 Å². The molecule has 7 heteroatoms. The Morgan fingerprint density at radius 1 is 1.14 bits per heavy atom. The van der Waals surface area contributed by atoms with Crippen molar-refractivity contribution in [3.63, 3.8) is 0 Å². The molecule has 1 amide bonds. The number of ketones is 1. The predicted octanol–water partition coefficient (Wildman–Crippen LogP) is 3.78. The first-order valence-corrected chi connectivity index (χ1v) is 11.0. The number of hydrogen-bond donors (Lipinski definition) is 0. The molecule has 2 fully saturated rings. The molecule has 154 valence electrons. The van der Waals surface area contributed by atoms with Crippen LogP contribution in [0.5, 0.6) is 0 Å². The number of ether oxygens (including phenoxy) is 1. The summed E-state index contributed by atoms with van der Waals surface area (Å²) in [6, 6.07) is 6.10. The Hall–Kier alpha value is -2.41. The fraction of sp³-hybridized carbons (Fsp3) is 0.500. The summed E-state index contributed by atoms with van der Waals surface area (Å²) in [4.78, 5) is 39.9. The summed E-state index contributed by atoms with van der Waals surface area (Å²) in [5.41, 5.74) is 2.70. The average molecular weight is 415 g/mol. The van der Waals surface area contributed by atoms with Gasteiger partial charge in [0.05, 0.1) is 10.8 Å². The fourth-order valence-electron chi connectivity index (χ4n) is 4.16. The van der Waals surface area contributed by atoms with Crippen LogP contribution in [0.1, 0.15) is 63.1 Å². The molecule has 2 aromatic rings. The molecule has 0 atom stereocenters. The molecule has 0 bridgehead atoms. The van der Waals surface area contributed by atoms with Gasteiger partial charge in [-0.1, -0.05) is 6.07 Å². The summed E-state index contributed by atoms with van der Waals surface area (Å²) < 4.78 is 7.56. The van der Waals surface area contributed by atoms with E-state index in [1.807, 2.05) is 37.4 Å². The third-order valence-corrected chi connectivity index (χ3v) is 6.75. The Kier molecular flexibility index (Phi) is 5.58. The minimum atomic E-state index is -0.336. The van der Waals surface area contributed by atoms with Crippen molar-refractivity contribution in [2.24, 2.45) is 5.92 Å². The van der Waals surface area contributed by atoms with Crippen molar-refractivity contribution in [2.45, 2.75) is 45.6 Å². The molecule has 1 aliphatic heterocycles. The topological polar surface area (TPSA) is 68.6 Å². The van der Waals surface area contributed by atoms with Gasteiger partial charge < -0.3 is 14.2 Å². The highest BCUT2D eigenvalue weighted by molar-refractivity contribution is 7.12. The van der Waals surface area contributed by atoms with Gasteiger partial charge >= 0.3 is 5.97 Å². The number of esters is 1. The molecular formula is C22H26N2O4S. The first-order chi connectivity index (χ1) is 14.0. The standard InChI is InChI=1S/C22H26N2O4S/c1-14-12-18(15(2)24(14)17-5-6-17)19(25)13-28-22(27)16-7-9-23(10-8-16)21(26)20-4-3-11-29-20/h3-4,11-12,16-17H,5-10,13H2,1-2H3. The van der Waals surface area contributed by atoms with E-state index < -0.39 is 0 Å². The van der Waals surface area contributed by atoms with Gasteiger partial charge in [-0.25, -0.2) is 0 Å². The number of Topliss-reactive ketones (excluding diaryl/α,β-unsaturated/α-hetero) is 1. The van der Waals surface area contributed by atoms with Crippen LogP contribution >= 0.6 is 11.3 Å². The molecule has 0 spiro atoms. The lowest BCUT2D eigenvalue weighted by Crippen LogP contribution is -2.40. The Bertz CT molecular complexity index is 919. The van der Waals surface area contributed by atoms with E-state index >= 15 is 0 Å². The molecular weight excluding hydrogens is 388 g/mol. The zero-order chi connectivity index (χ0) is 20.5. The number of aromatic nitrogens is 1. The molecule has 1 saturated carbocycles. The predicted molar refractivity (Wildman–Crippen MR) is 110 cm³/mol. The summed E-state index contributed by atoms with van der Waals surface area (Å²) in [7, 11) is 0. The van der Waals surface area contributed by atoms with E-state index in [-0.39, 0.29) is 30.2 Å². The van der Waals surface area contributed by atoms with Crippen LogP contribution in [0, 0.1) is 19.8 Å². The molecule has 0 radical (unpaired) electrons. The lowest BCUT2D eigenvalue weighted by atomic mass is 9.97. The SMILES string of the molecule is Cc1cc(C(=O)COC(=O)C2CCN(C(=O)c3cccs3)CC2)c(C)n1C1CC1. The van der Waals surface area contributed by atoms with E-state index in [9.17, 15) is 14.4 Å². The highest BCUT2D eigenvalue weighted by Gasteiger charge is 2.31. The molecule has 0 N–H and O–H groups in total. The lowest BCUT2D eigenvalue weighted by molar-refractivity contribution is -0.148. The van der Waals surface area contributed by atoms with Gasteiger partial charge in [0.1, 0.15) is 0 Å². The number of carbonyl (C=O) groups excluding carboxylic acids is 3. The first-order valence-electron chi connectivity index (χ1n) is 10.2. The monoisotopic (exact) mass is 414 g/mol. The molecule has 6 nitrogen and oxygen atoms in total. The van der Waals surface area contributed by atoms with Crippen LogP contribution in [0.15, 0.2) is 23.6 Å². The van der Waals surface area contributed by atoms with Crippen LogP contribution in [-0.4, -0.2) is 46.8 Å². The number of piperidine rings is 1. The summed E-state index contributed by atoms with van der Waals surface area (Å²) >= 11 is 1.43. The molecule has 1 aliphatic carbocycles. The minimum absolute atomic E-state index is 0.0213. The van der Waals surface area contributed by atoms with E-state index in [2.05, 4.69) is 4.57 Å². The second-order valence-electron chi connectivity index (χ2n) is 7.96. The van der Waals surface area contributed by atoms with E-state index in [4.69, 9.17) is 4.74 Å². The third-order valence-electron chi connectivity index (χ3n) is 5.89. The number of likely N-dealkylation sites (tertiary alicyclic amines) is 1. The van der Waals surface area contributed by atoms with Crippen LogP contribution in [-0.2, 0) is 9.53 Å². The van der Waals surface area contributed by atoms with Crippen molar-refractivity contribution in [2.75, 3.05) is 19.7 Å². The molecule has 2 aliphatic rings. The molecule has 3 heterocycles. The van der Waals surface area contributed by atoms with Gasteiger partial charge in [-0.2, -0.15) is 0 Å². The summed E-state index contributed by atoms with van der Waals surface area (Å²) in [5, 5.41) is 1.89. The molecule has 0 aromatic carbocycles. The normalized spacial score (nSPS) is 17.4. The van der Waals surface area contributed by atoms with Crippen LogP contribution in [0.4, 0.5) is 0 Å². The maximum absolute atomic E-state index is 12.6. The van der Waals surface area contributed by atoms with Gasteiger partial charge in [0.25, 0.3) is 5.91 Å². The fourth-order valence-corrected chi connectivity index (χ4v) is 4.85. The van der Waals surface area contributed by atoms with Gasteiger partial charge in [-0.05, 0) is 57.0 Å².